The largest absolute Gasteiger partial charge is 0.494 e. The number of hydrogen-bond acceptors (Lipinski definition) is 3. The van der Waals surface area contributed by atoms with Gasteiger partial charge in [-0.1, -0.05) is 6.07 Å². The predicted octanol–water partition coefficient (Wildman–Crippen LogP) is 1.87. The van der Waals surface area contributed by atoms with Crippen molar-refractivity contribution in [2.45, 2.75) is 24.7 Å². The second kappa shape index (κ2) is 5.06. The molecule has 0 aliphatic carbocycles. The average Bonchev–Trinajstić information content (AvgIpc) is 2.84. The maximum Gasteiger partial charge on any atom is 0.243 e. The van der Waals surface area contributed by atoms with Gasteiger partial charge in [0, 0.05) is 19.2 Å². The second-order valence-electron chi connectivity index (χ2n) is 4.02. The lowest BCUT2D eigenvalue weighted by Crippen LogP contribution is -2.27. The van der Waals surface area contributed by atoms with Gasteiger partial charge in [-0.05, 0) is 31.9 Å². The van der Waals surface area contributed by atoms with Crippen molar-refractivity contribution in [1.82, 2.24) is 4.31 Å². The molecule has 5 heteroatoms. The molecule has 1 fully saturated rings. The molecule has 4 nitrogen and oxygen atoms in total. The van der Waals surface area contributed by atoms with E-state index in [0.29, 0.717) is 30.3 Å². The molecule has 2 rings (SSSR count). The van der Waals surface area contributed by atoms with Crippen LogP contribution >= 0.6 is 0 Å². The number of nitrogens with zero attached hydrogens (tertiary/aromatic N) is 1. The normalized spacial score (nSPS) is 17.2. The Morgan fingerprint density at radius 2 is 2.00 bits per heavy atom. The quantitative estimate of drug-likeness (QED) is 0.825. The van der Waals surface area contributed by atoms with Crippen molar-refractivity contribution in [1.29, 1.82) is 0 Å². The van der Waals surface area contributed by atoms with E-state index in [2.05, 4.69) is 0 Å². The lowest BCUT2D eigenvalue weighted by molar-refractivity contribution is 0.339. The van der Waals surface area contributed by atoms with Crippen LogP contribution in [0.5, 0.6) is 5.75 Å². The van der Waals surface area contributed by atoms with Crippen molar-refractivity contribution in [3.8, 4) is 5.75 Å². The summed E-state index contributed by atoms with van der Waals surface area (Å²) in [5.41, 5.74) is 0. The maximum atomic E-state index is 12.3. The third kappa shape index (κ3) is 2.61. The Labute approximate surface area is 102 Å². The van der Waals surface area contributed by atoms with Crippen molar-refractivity contribution in [3.05, 3.63) is 24.3 Å². The zero-order valence-corrected chi connectivity index (χ0v) is 10.7. The van der Waals surface area contributed by atoms with Crippen LogP contribution in [0.15, 0.2) is 29.2 Å². The van der Waals surface area contributed by atoms with Gasteiger partial charge in [0.15, 0.2) is 0 Å². The maximum absolute atomic E-state index is 12.3. The third-order valence-electron chi connectivity index (χ3n) is 2.82. The third-order valence-corrected chi connectivity index (χ3v) is 4.71. The summed E-state index contributed by atoms with van der Waals surface area (Å²) in [5.74, 6) is 0.604. The molecule has 0 N–H and O–H groups in total. The van der Waals surface area contributed by atoms with Gasteiger partial charge < -0.3 is 4.74 Å². The molecule has 94 valence electrons. The van der Waals surface area contributed by atoms with Crippen LogP contribution in [0.4, 0.5) is 0 Å². The first-order valence-electron chi connectivity index (χ1n) is 5.87. The Bertz CT molecular complexity index is 478. The van der Waals surface area contributed by atoms with E-state index in [0.717, 1.165) is 12.8 Å². The van der Waals surface area contributed by atoms with E-state index >= 15 is 0 Å². The van der Waals surface area contributed by atoms with Gasteiger partial charge in [-0.3, -0.25) is 0 Å². The predicted molar refractivity (Wildman–Crippen MR) is 65.6 cm³/mol. The van der Waals surface area contributed by atoms with Crippen LogP contribution in [0.25, 0.3) is 0 Å². The highest BCUT2D eigenvalue weighted by molar-refractivity contribution is 7.89. The second-order valence-corrected chi connectivity index (χ2v) is 5.96. The van der Waals surface area contributed by atoms with Crippen molar-refractivity contribution in [2.24, 2.45) is 0 Å². The Morgan fingerprint density at radius 3 is 2.65 bits per heavy atom. The minimum atomic E-state index is -3.33. The number of hydrogen-bond donors (Lipinski definition) is 0. The SMILES string of the molecule is CCOc1cccc(S(=O)(=O)N2CCCC2)c1. The van der Waals surface area contributed by atoms with E-state index in [1.165, 1.54) is 4.31 Å². The van der Waals surface area contributed by atoms with Crippen LogP contribution in [0.1, 0.15) is 19.8 Å². The number of ether oxygens (including phenoxy) is 1. The highest BCUT2D eigenvalue weighted by atomic mass is 32.2. The van der Waals surface area contributed by atoms with Gasteiger partial charge in [-0.15, -0.1) is 0 Å². The molecule has 1 saturated heterocycles. The molecule has 0 bridgehead atoms. The summed E-state index contributed by atoms with van der Waals surface area (Å²) >= 11 is 0. The molecule has 0 unspecified atom stereocenters. The number of benzene rings is 1. The Balaban J connectivity index is 2.29. The molecular formula is C12H17NO3S. The Morgan fingerprint density at radius 1 is 1.29 bits per heavy atom. The first kappa shape index (κ1) is 12.4. The van der Waals surface area contributed by atoms with Crippen molar-refractivity contribution in [2.75, 3.05) is 19.7 Å². The number of sulfonamides is 1. The van der Waals surface area contributed by atoms with Crippen LogP contribution in [-0.2, 0) is 10.0 Å². The van der Waals surface area contributed by atoms with Gasteiger partial charge in [0.1, 0.15) is 5.75 Å². The first-order valence-corrected chi connectivity index (χ1v) is 7.31. The zero-order valence-electron chi connectivity index (χ0n) is 9.93. The highest BCUT2D eigenvalue weighted by Crippen LogP contribution is 2.23. The molecule has 0 radical (unpaired) electrons. The van der Waals surface area contributed by atoms with E-state index in [9.17, 15) is 8.42 Å². The summed E-state index contributed by atoms with van der Waals surface area (Å²) in [7, 11) is -3.33. The summed E-state index contributed by atoms with van der Waals surface area (Å²) in [4.78, 5) is 0.324. The van der Waals surface area contributed by atoms with E-state index in [-0.39, 0.29) is 0 Å². The first-order chi connectivity index (χ1) is 8.14. The standard InChI is InChI=1S/C12H17NO3S/c1-2-16-11-6-5-7-12(10-11)17(14,15)13-8-3-4-9-13/h5-7,10H,2-4,8-9H2,1H3. The molecule has 0 atom stereocenters. The lowest BCUT2D eigenvalue weighted by atomic mass is 10.3. The van der Waals surface area contributed by atoms with E-state index in [4.69, 9.17) is 4.74 Å². The molecule has 1 aromatic rings. The minimum Gasteiger partial charge on any atom is -0.494 e. The average molecular weight is 255 g/mol. The molecule has 1 aliphatic rings. The molecule has 1 aromatic carbocycles. The van der Waals surface area contributed by atoms with Gasteiger partial charge in [0.05, 0.1) is 11.5 Å². The number of rotatable bonds is 4. The molecule has 0 aromatic heterocycles. The van der Waals surface area contributed by atoms with E-state index < -0.39 is 10.0 Å². The molecular weight excluding hydrogens is 238 g/mol. The molecule has 1 aliphatic heterocycles. The van der Waals surface area contributed by atoms with Crippen LogP contribution in [0.2, 0.25) is 0 Å². The molecule has 1 heterocycles. The van der Waals surface area contributed by atoms with Crippen LogP contribution in [-0.4, -0.2) is 32.4 Å². The summed E-state index contributed by atoms with van der Waals surface area (Å²) in [5, 5.41) is 0. The summed E-state index contributed by atoms with van der Waals surface area (Å²) in [6, 6.07) is 6.70. The fourth-order valence-electron chi connectivity index (χ4n) is 1.97. The Hall–Kier alpha value is -1.07. The monoisotopic (exact) mass is 255 g/mol. The van der Waals surface area contributed by atoms with E-state index in [1.54, 1.807) is 24.3 Å². The zero-order chi connectivity index (χ0) is 12.3. The van der Waals surface area contributed by atoms with Gasteiger partial charge in [-0.2, -0.15) is 4.31 Å². The van der Waals surface area contributed by atoms with Crippen molar-refractivity contribution < 1.29 is 13.2 Å². The van der Waals surface area contributed by atoms with Gasteiger partial charge in [0.2, 0.25) is 10.0 Å². The van der Waals surface area contributed by atoms with Gasteiger partial charge in [-0.25, -0.2) is 8.42 Å². The van der Waals surface area contributed by atoms with E-state index in [1.807, 2.05) is 6.92 Å². The fraction of sp³-hybridized carbons (Fsp3) is 0.500. The summed E-state index contributed by atoms with van der Waals surface area (Å²) in [6.45, 7) is 3.66. The summed E-state index contributed by atoms with van der Waals surface area (Å²) in [6.07, 6.45) is 1.90. The molecule has 17 heavy (non-hydrogen) atoms. The highest BCUT2D eigenvalue weighted by Gasteiger charge is 2.27. The molecule has 0 amide bonds. The Kier molecular flexibility index (Phi) is 3.69. The van der Waals surface area contributed by atoms with Crippen LogP contribution in [0, 0.1) is 0 Å². The summed E-state index contributed by atoms with van der Waals surface area (Å²) < 4.78 is 31.4. The van der Waals surface area contributed by atoms with Crippen molar-refractivity contribution in [3.63, 3.8) is 0 Å². The van der Waals surface area contributed by atoms with Gasteiger partial charge in [0.25, 0.3) is 0 Å². The fourth-order valence-corrected chi connectivity index (χ4v) is 3.52. The van der Waals surface area contributed by atoms with Crippen LogP contribution in [0.3, 0.4) is 0 Å². The minimum absolute atomic E-state index is 0.324. The topological polar surface area (TPSA) is 46.6 Å². The van der Waals surface area contributed by atoms with Gasteiger partial charge >= 0.3 is 0 Å². The lowest BCUT2D eigenvalue weighted by Gasteiger charge is -2.15. The van der Waals surface area contributed by atoms with Crippen molar-refractivity contribution >= 4 is 10.0 Å². The molecule has 0 saturated carbocycles. The smallest absolute Gasteiger partial charge is 0.243 e. The van der Waals surface area contributed by atoms with Crippen LogP contribution < -0.4 is 4.74 Å². The molecule has 0 spiro atoms.